The number of nitrogens with zero attached hydrogens (tertiary/aromatic N) is 2. The third kappa shape index (κ3) is 3.99. The highest BCUT2D eigenvalue weighted by Gasteiger charge is 2.19. The minimum Gasteiger partial charge on any atom is -0.496 e. The predicted molar refractivity (Wildman–Crippen MR) is 101 cm³/mol. The number of hydrogen-bond acceptors (Lipinski definition) is 6. The summed E-state index contributed by atoms with van der Waals surface area (Å²) in [7, 11) is 1.58. The van der Waals surface area contributed by atoms with Gasteiger partial charge in [-0.2, -0.15) is 11.8 Å². The van der Waals surface area contributed by atoms with Gasteiger partial charge in [-0.3, -0.25) is 4.98 Å². The maximum Gasteiger partial charge on any atom is 0.144 e. The second kappa shape index (κ2) is 8.10. The van der Waals surface area contributed by atoms with Gasteiger partial charge in [0.2, 0.25) is 0 Å². The molecule has 0 radical (unpaired) electrons. The van der Waals surface area contributed by atoms with Crippen molar-refractivity contribution in [1.82, 2.24) is 10.1 Å². The third-order valence-corrected chi connectivity index (χ3v) is 5.46. The monoisotopic (exact) mass is 386 g/mol. The van der Waals surface area contributed by atoms with E-state index in [0.29, 0.717) is 24.5 Å². The summed E-state index contributed by atoms with van der Waals surface area (Å²) in [6, 6.07) is 6.49. The molecule has 2 aromatic heterocycles. The Balaban J connectivity index is 1.46. The second-order valence-electron chi connectivity index (χ2n) is 6.25. The van der Waals surface area contributed by atoms with Crippen molar-refractivity contribution in [3.05, 3.63) is 65.1 Å². The number of aromatic nitrogens is 2. The fourth-order valence-corrected chi connectivity index (χ4v) is 4.00. The molecule has 0 bridgehead atoms. The van der Waals surface area contributed by atoms with Gasteiger partial charge in [0.15, 0.2) is 0 Å². The molecule has 140 valence electrons. The lowest BCUT2D eigenvalue weighted by atomic mass is 10.1. The zero-order valence-electron chi connectivity index (χ0n) is 14.9. The third-order valence-electron chi connectivity index (χ3n) is 4.45. The summed E-state index contributed by atoms with van der Waals surface area (Å²) in [4.78, 5) is 4.31. The van der Waals surface area contributed by atoms with E-state index in [1.165, 1.54) is 12.1 Å². The molecule has 27 heavy (non-hydrogen) atoms. The van der Waals surface area contributed by atoms with Crippen LogP contribution in [0.15, 0.2) is 41.2 Å². The molecule has 3 heterocycles. The molecule has 4 rings (SSSR count). The van der Waals surface area contributed by atoms with Crippen LogP contribution in [-0.4, -0.2) is 23.9 Å². The van der Waals surface area contributed by atoms with E-state index in [1.54, 1.807) is 31.1 Å². The number of pyridine rings is 1. The Morgan fingerprint density at radius 2 is 2.15 bits per heavy atom. The zero-order valence-corrected chi connectivity index (χ0v) is 15.7. The van der Waals surface area contributed by atoms with Gasteiger partial charge >= 0.3 is 0 Å². The summed E-state index contributed by atoms with van der Waals surface area (Å²) < 4.78 is 29.9. The van der Waals surface area contributed by atoms with Crippen LogP contribution in [0.3, 0.4) is 0 Å². The highest BCUT2D eigenvalue weighted by atomic mass is 32.2. The van der Waals surface area contributed by atoms with Crippen LogP contribution in [0, 0.1) is 5.82 Å². The van der Waals surface area contributed by atoms with Gasteiger partial charge in [0, 0.05) is 47.0 Å². The molecule has 0 fully saturated rings. The van der Waals surface area contributed by atoms with Crippen LogP contribution in [0.25, 0.3) is 11.1 Å². The molecule has 0 unspecified atom stereocenters. The number of methoxy groups -OCH3 is 1. The maximum absolute atomic E-state index is 13.7. The molecule has 0 aliphatic carbocycles. The minimum atomic E-state index is -0.302. The molecule has 0 saturated carbocycles. The van der Waals surface area contributed by atoms with E-state index in [0.717, 1.165) is 46.1 Å². The molecule has 1 aliphatic rings. The van der Waals surface area contributed by atoms with E-state index < -0.39 is 0 Å². The van der Waals surface area contributed by atoms with Crippen molar-refractivity contribution >= 4 is 11.8 Å². The Morgan fingerprint density at radius 1 is 1.22 bits per heavy atom. The fourth-order valence-electron chi connectivity index (χ4n) is 3.08. The summed E-state index contributed by atoms with van der Waals surface area (Å²) in [6.45, 7) is 1.27. The van der Waals surface area contributed by atoms with Crippen LogP contribution < -0.4 is 4.74 Å². The van der Waals surface area contributed by atoms with Crippen molar-refractivity contribution in [2.45, 2.75) is 24.5 Å². The lowest BCUT2D eigenvalue weighted by Gasteiger charge is -2.11. The molecule has 1 aliphatic heterocycles. The minimum absolute atomic E-state index is 0.302. The van der Waals surface area contributed by atoms with Crippen LogP contribution in [0.4, 0.5) is 4.39 Å². The van der Waals surface area contributed by atoms with E-state index in [1.807, 2.05) is 12.3 Å². The van der Waals surface area contributed by atoms with Crippen LogP contribution in [0.1, 0.15) is 22.6 Å². The molecule has 0 atom stereocenters. The first-order chi connectivity index (χ1) is 13.2. The Labute approximate surface area is 160 Å². The smallest absolute Gasteiger partial charge is 0.144 e. The maximum atomic E-state index is 13.7. The van der Waals surface area contributed by atoms with Gasteiger partial charge in [-0.05, 0) is 29.8 Å². The first kappa shape index (κ1) is 18.0. The van der Waals surface area contributed by atoms with Crippen molar-refractivity contribution in [2.24, 2.45) is 0 Å². The lowest BCUT2D eigenvalue weighted by Crippen LogP contribution is -2.08. The van der Waals surface area contributed by atoms with E-state index in [9.17, 15) is 4.39 Å². The molecule has 0 amide bonds. The first-order valence-corrected chi connectivity index (χ1v) is 9.79. The average molecular weight is 386 g/mol. The summed E-state index contributed by atoms with van der Waals surface area (Å²) in [5.74, 6) is 2.77. The standard InChI is InChI=1S/C20H19FN2O3S/c1-24-19-3-2-15(21)7-16(19)14-6-13(8-22-9-14)11-27-12-18-17-10-25-5-4-20(17)26-23-18/h2-3,6-9H,4-5,10-12H2,1H3. The van der Waals surface area contributed by atoms with Gasteiger partial charge in [-0.1, -0.05) is 5.16 Å². The Bertz CT molecular complexity index is 945. The van der Waals surface area contributed by atoms with Crippen molar-refractivity contribution in [3.8, 4) is 16.9 Å². The van der Waals surface area contributed by atoms with E-state index in [-0.39, 0.29) is 5.82 Å². The topological polar surface area (TPSA) is 57.4 Å². The lowest BCUT2D eigenvalue weighted by molar-refractivity contribution is 0.102. The highest BCUT2D eigenvalue weighted by Crippen LogP contribution is 2.31. The summed E-state index contributed by atoms with van der Waals surface area (Å²) in [5, 5.41) is 4.18. The Hall–Kier alpha value is -2.38. The average Bonchev–Trinajstić information content (AvgIpc) is 3.11. The SMILES string of the molecule is COc1ccc(F)cc1-c1cncc(CSCc2noc3c2COCC3)c1. The van der Waals surface area contributed by atoms with Crippen molar-refractivity contribution in [2.75, 3.05) is 13.7 Å². The molecule has 1 aromatic carbocycles. The van der Waals surface area contributed by atoms with Crippen molar-refractivity contribution < 1.29 is 18.4 Å². The number of benzene rings is 1. The number of rotatable bonds is 6. The normalized spacial score (nSPS) is 13.4. The van der Waals surface area contributed by atoms with Crippen molar-refractivity contribution in [1.29, 1.82) is 0 Å². The number of ether oxygens (including phenoxy) is 2. The number of halogens is 1. The summed E-state index contributed by atoms with van der Waals surface area (Å²) in [5.41, 5.74) is 4.62. The van der Waals surface area contributed by atoms with Gasteiger partial charge in [-0.15, -0.1) is 0 Å². The quantitative estimate of drug-likeness (QED) is 0.626. The van der Waals surface area contributed by atoms with Gasteiger partial charge < -0.3 is 14.0 Å². The molecule has 3 aromatic rings. The number of hydrogen-bond donors (Lipinski definition) is 0. The first-order valence-electron chi connectivity index (χ1n) is 8.64. The van der Waals surface area contributed by atoms with Gasteiger partial charge in [0.25, 0.3) is 0 Å². The van der Waals surface area contributed by atoms with E-state index in [2.05, 4.69) is 10.1 Å². The number of fused-ring (bicyclic) bond motifs is 1. The molecule has 0 spiro atoms. The summed E-state index contributed by atoms with van der Waals surface area (Å²) in [6.07, 6.45) is 4.33. The number of thioether (sulfide) groups is 1. The van der Waals surface area contributed by atoms with Crippen LogP contribution in [0.2, 0.25) is 0 Å². The second-order valence-corrected chi connectivity index (χ2v) is 7.24. The molecule has 5 nitrogen and oxygen atoms in total. The summed E-state index contributed by atoms with van der Waals surface area (Å²) >= 11 is 1.73. The van der Waals surface area contributed by atoms with Gasteiger partial charge in [-0.25, -0.2) is 4.39 Å². The highest BCUT2D eigenvalue weighted by molar-refractivity contribution is 7.97. The van der Waals surface area contributed by atoms with Gasteiger partial charge in [0.1, 0.15) is 17.3 Å². The zero-order chi connectivity index (χ0) is 18.6. The van der Waals surface area contributed by atoms with E-state index in [4.69, 9.17) is 14.0 Å². The molecule has 7 heteroatoms. The Morgan fingerprint density at radius 3 is 3.04 bits per heavy atom. The van der Waals surface area contributed by atoms with Crippen LogP contribution in [-0.2, 0) is 29.3 Å². The van der Waals surface area contributed by atoms with Gasteiger partial charge in [0.05, 0.1) is 26.0 Å². The Kier molecular flexibility index (Phi) is 5.40. The van der Waals surface area contributed by atoms with E-state index >= 15 is 0 Å². The van der Waals surface area contributed by atoms with Crippen molar-refractivity contribution in [3.63, 3.8) is 0 Å². The predicted octanol–water partition coefficient (Wildman–Crippen LogP) is 4.39. The molecular weight excluding hydrogens is 367 g/mol. The van der Waals surface area contributed by atoms with Crippen LogP contribution >= 0.6 is 11.8 Å². The molecular formula is C20H19FN2O3S. The molecule has 0 N–H and O–H groups in total. The van der Waals surface area contributed by atoms with Crippen LogP contribution in [0.5, 0.6) is 5.75 Å². The largest absolute Gasteiger partial charge is 0.496 e. The molecule has 0 saturated heterocycles. The fraction of sp³-hybridized carbons (Fsp3) is 0.300.